The molecule has 1 aromatic heterocycles. The van der Waals surface area contributed by atoms with Crippen LogP contribution < -0.4 is 5.32 Å². The number of hydrogen-bond acceptors (Lipinski definition) is 6. The smallest absolute Gasteiger partial charge is 0.357 e. The van der Waals surface area contributed by atoms with Gasteiger partial charge in [0.2, 0.25) is 0 Å². The van der Waals surface area contributed by atoms with E-state index in [1.54, 1.807) is 0 Å². The highest BCUT2D eigenvalue weighted by molar-refractivity contribution is 7.99. The van der Waals surface area contributed by atoms with E-state index in [1.807, 2.05) is 18.7 Å². The third-order valence-corrected chi connectivity index (χ3v) is 5.55. The number of aromatic nitrogens is 1. The second-order valence-corrected chi connectivity index (χ2v) is 7.11. The van der Waals surface area contributed by atoms with Gasteiger partial charge in [0.1, 0.15) is 0 Å². The van der Waals surface area contributed by atoms with Crippen LogP contribution in [0.5, 0.6) is 0 Å². The quantitative estimate of drug-likeness (QED) is 0.864. The zero-order valence-electron chi connectivity index (χ0n) is 11.6. The molecule has 0 saturated heterocycles. The highest BCUT2D eigenvalue weighted by Gasteiger charge is 2.22. The topological polar surface area (TPSA) is 51.2 Å². The number of thioether (sulfide) groups is 1. The summed E-state index contributed by atoms with van der Waals surface area (Å²) < 4.78 is 4.72. The van der Waals surface area contributed by atoms with Crippen molar-refractivity contribution in [1.29, 1.82) is 0 Å². The Kier molecular flexibility index (Phi) is 5.10. The first-order valence-electron chi connectivity index (χ1n) is 6.49. The Balaban J connectivity index is 1.95. The van der Waals surface area contributed by atoms with Crippen LogP contribution in [0.3, 0.4) is 0 Å². The van der Waals surface area contributed by atoms with Crippen LogP contribution in [-0.2, 0) is 4.74 Å². The molecule has 0 amide bonds. The lowest BCUT2D eigenvalue weighted by Gasteiger charge is -2.27. The zero-order valence-corrected chi connectivity index (χ0v) is 13.2. The Bertz CT molecular complexity index is 440. The fraction of sp³-hybridized carbons (Fsp3) is 0.692. The van der Waals surface area contributed by atoms with Crippen LogP contribution in [0.2, 0.25) is 0 Å². The fourth-order valence-electron chi connectivity index (χ4n) is 2.36. The van der Waals surface area contributed by atoms with Crippen molar-refractivity contribution in [2.75, 3.05) is 18.7 Å². The van der Waals surface area contributed by atoms with Crippen LogP contribution in [0.1, 0.15) is 41.0 Å². The molecule has 0 bridgehead atoms. The number of nitrogens with one attached hydrogen (secondary N) is 1. The molecule has 0 aromatic carbocycles. The van der Waals surface area contributed by atoms with Gasteiger partial charge in [-0.3, -0.25) is 0 Å². The number of rotatable bonds is 4. The predicted octanol–water partition coefficient (Wildman–Crippen LogP) is 3.32. The lowest BCUT2D eigenvalue weighted by atomic mass is 9.95. The number of nitrogens with zero attached hydrogens (tertiary/aromatic N) is 1. The number of thiazole rings is 1. The third kappa shape index (κ3) is 3.63. The Morgan fingerprint density at radius 1 is 1.42 bits per heavy atom. The van der Waals surface area contributed by atoms with Gasteiger partial charge in [0.15, 0.2) is 10.8 Å². The Hall–Kier alpha value is -0.750. The van der Waals surface area contributed by atoms with Crippen LogP contribution in [0, 0.1) is 6.92 Å². The fourth-order valence-corrected chi connectivity index (χ4v) is 3.98. The summed E-state index contributed by atoms with van der Waals surface area (Å²) in [5.41, 5.74) is 0.438. The van der Waals surface area contributed by atoms with Gasteiger partial charge in [-0.05, 0) is 38.9 Å². The van der Waals surface area contributed by atoms with Gasteiger partial charge in [0.05, 0.1) is 7.11 Å². The number of carbonyl (C=O) groups is 1. The maximum Gasteiger partial charge on any atom is 0.357 e. The van der Waals surface area contributed by atoms with Crippen LogP contribution in [0.15, 0.2) is 0 Å². The van der Waals surface area contributed by atoms with Gasteiger partial charge in [-0.1, -0.05) is 0 Å². The number of hydrogen-bond donors (Lipinski definition) is 1. The van der Waals surface area contributed by atoms with E-state index < -0.39 is 0 Å². The van der Waals surface area contributed by atoms with Crippen molar-refractivity contribution in [1.82, 2.24) is 4.98 Å². The molecule has 1 aliphatic rings. The number of ether oxygens (including phenoxy) is 1. The lowest BCUT2D eigenvalue weighted by molar-refractivity contribution is 0.0594. The number of anilines is 1. The van der Waals surface area contributed by atoms with Crippen LogP contribution in [0.25, 0.3) is 0 Å². The molecule has 19 heavy (non-hydrogen) atoms. The molecule has 1 N–H and O–H groups in total. The summed E-state index contributed by atoms with van der Waals surface area (Å²) >= 11 is 3.50. The molecule has 1 fully saturated rings. The van der Waals surface area contributed by atoms with Crippen LogP contribution in [0.4, 0.5) is 5.13 Å². The SMILES string of the molecule is COC(=O)c1nc(NC2CCC(SC)CC2)sc1C. The molecule has 2 rings (SSSR count). The van der Waals surface area contributed by atoms with Crippen molar-refractivity contribution < 1.29 is 9.53 Å². The average Bonchev–Trinajstić information content (AvgIpc) is 2.79. The van der Waals surface area contributed by atoms with Crippen molar-refractivity contribution in [3.8, 4) is 0 Å². The minimum atomic E-state index is -0.354. The summed E-state index contributed by atoms with van der Waals surface area (Å²) in [6.45, 7) is 1.90. The summed E-state index contributed by atoms with van der Waals surface area (Å²) in [5, 5.41) is 5.10. The second kappa shape index (κ2) is 6.61. The molecule has 0 unspecified atom stereocenters. The Morgan fingerprint density at radius 2 is 2.11 bits per heavy atom. The summed E-state index contributed by atoms with van der Waals surface area (Å²) in [7, 11) is 1.39. The molecular formula is C13H20N2O2S2. The lowest BCUT2D eigenvalue weighted by Crippen LogP contribution is -2.27. The zero-order chi connectivity index (χ0) is 13.8. The van der Waals surface area contributed by atoms with Crippen LogP contribution >= 0.6 is 23.1 Å². The highest BCUT2D eigenvalue weighted by atomic mass is 32.2. The molecule has 1 aromatic rings. The molecule has 106 valence electrons. The molecule has 1 aliphatic carbocycles. The van der Waals surface area contributed by atoms with Crippen LogP contribution in [-0.4, -0.2) is 35.6 Å². The Morgan fingerprint density at radius 3 is 2.68 bits per heavy atom. The molecule has 1 heterocycles. The first-order chi connectivity index (χ1) is 9.13. The van der Waals surface area contributed by atoms with E-state index in [1.165, 1.54) is 44.1 Å². The third-order valence-electron chi connectivity index (χ3n) is 3.51. The van der Waals surface area contributed by atoms with E-state index >= 15 is 0 Å². The van der Waals surface area contributed by atoms with Crippen molar-refractivity contribution in [3.05, 3.63) is 10.6 Å². The van der Waals surface area contributed by atoms with E-state index in [-0.39, 0.29) is 5.97 Å². The molecular weight excluding hydrogens is 280 g/mol. The normalized spacial score (nSPS) is 23.1. The largest absolute Gasteiger partial charge is 0.464 e. The molecule has 4 nitrogen and oxygen atoms in total. The van der Waals surface area contributed by atoms with Gasteiger partial charge in [0, 0.05) is 16.2 Å². The molecule has 0 spiro atoms. The standard InChI is InChI=1S/C13H20N2O2S2/c1-8-11(12(16)17-2)15-13(19-8)14-9-4-6-10(18-3)7-5-9/h9-10H,4-7H2,1-3H3,(H,14,15). The van der Waals surface area contributed by atoms with Gasteiger partial charge in [-0.15, -0.1) is 11.3 Å². The summed E-state index contributed by atoms with van der Waals surface area (Å²) in [4.78, 5) is 16.8. The highest BCUT2D eigenvalue weighted by Crippen LogP contribution is 2.30. The van der Waals surface area contributed by atoms with Gasteiger partial charge in [0.25, 0.3) is 0 Å². The van der Waals surface area contributed by atoms with Crippen molar-refractivity contribution in [3.63, 3.8) is 0 Å². The summed E-state index contributed by atoms with van der Waals surface area (Å²) in [5.74, 6) is -0.354. The predicted molar refractivity (Wildman–Crippen MR) is 81.4 cm³/mol. The van der Waals surface area contributed by atoms with Gasteiger partial charge >= 0.3 is 5.97 Å². The van der Waals surface area contributed by atoms with Crippen molar-refractivity contribution in [2.24, 2.45) is 0 Å². The first kappa shape index (κ1) is 14.7. The maximum absolute atomic E-state index is 11.5. The minimum Gasteiger partial charge on any atom is -0.464 e. The molecule has 0 atom stereocenters. The van der Waals surface area contributed by atoms with Gasteiger partial charge < -0.3 is 10.1 Å². The van der Waals surface area contributed by atoms with E-state index in [2.05, 4.69) is 16.6 Å². The summed E-state index contributed by atoms with van der Waals surface area (Å²) in [6, 6.07) is 0.486. The minimum absolute atomic E-state index is 0.354. The van der Waals surface area contributed by atoms with Crippen molar-refractivity contribution in [2.45, 2.75) is 43.9 Å². The van der Waals surface area contributed by atoms with E-state index in [4.69, 9.17) is 4.74 Å². The molecule has 1 saturated carbocycles. The second-order valence-electron chi connectivity index (χ2n) is 4.77. The Labute approximate surface area is 122 Å². The molecule has 6 heteroatoms. The number of aryl methyl sites for hydroxylation is 1. The van der Waals surface area contributed by atoms with E-state index in [9.17, 15) is 4.79 Å². The van der Waals surface area contributed by atoms with Gasteiger partial charge in [-0.2, -0.15) is 11.8 Å². The van der Waals surface area contributed by atoms with Crippen molar-refractivity contribution >= 4 is 34.2 Å². The summed E-state index contributed by atoms with van der Waals surface area (Å²) in [6.07, 6.45) is 7.06. The molecule has 0 radical (unpaired) electrons. The monoisotopic (exact) mass is 300 g/mol. The number of esters is 1. The maximum atomic E-state index is 11.5. The number of methoxy groups -OCH3 is 1. The number of carbonyl (C=O) groups excluding carboxylic acids is 1. The molecule has 0 aliphatic heterocycles. The van der Waals surface area contributed by atoms with E-state index in [0.29, 0.717) is 11.7 Å². The van der Waals surface area contributed by atoms with Gasteiger partial charge in [-0.25, -0.2) is 9.78 Å². The first-order valence-corrected chi connectivity index (χ1v) is 8.59. The average molecular weight is 300 g/mol. The van der Waals surface area contributed by atoms with E-state index in [0.717, 1.165) is 15.3 Å².